The van der Waals surface area contributed by atoms with Gasteiger partial charge in [-0.1, -0.05) is 30.3 Å². The molecule has 3 rings (SSSR count). The number of amides is 2. The van der Waals surface area contributed by atoms with Crippen LogP contribution < -0.4 is 10.6 Å². The topological polar surface area (TPSA) is 59.0 Å². The van der Waals surface area contributed by atoms with Gasteiger partial charge in [-0.3, -0.25) is 5.32 Å². The molecule has 1 aromatic heterocycles. The van der Waals surface area contributed by atoms with Gasteiger partial charge in [0.15, 0.2) is 0 Å². The van der Waals surface area contributed by atoms with Gasteiger partial charge in [0, 0.05) is 12.6 Å². The zero-order valence-electron chi connectivity index (χ0n) is 14.5. The molecule has 0 unspecified atom stereocenters. The van der Waals surface area contributed by atoms with E-state index < -0.39 is 23.8 Å². The molecule has 1 saturated carbocycles. The third-order valence-electron chi connectivity index (χ3n) is 4.36. The van der Waals surface area contributed by atoms with Crippen molar-refractivity contribution in [3.8, 4) is 0 Å². The second kappa shape index (κ2) is 6.13. The molecule has 1 heterocycles. The molecule has 1 fully saturated rings. The van der Waals surface area contributed by atoms with E-state index in [9.17, 15) is 13.6 Å². The zero-order valence-corrected chi connectivity index (χ0v) is 14.5. The van der Waals surface area contributed by atoms with Crippen molar-refractivity contribution in [3.63, 3.8) is 0 Å². The van der Waals surface area contributed by atoms with E-state index in [1.165, 1.54) is 0 Å². The van der Waals surface area contributed by atoms with E-state index in [0.717, 1.165) is 0 Å². The molecule has 0 bridgehead atoms. The summed E-state index contributed by atoms with van der Waals surface area (Å²) in [6, 6.07) is 9.83. The Balaban J connectivity index is 1.58. The summed E-state index contributed by atoms with van der Waals surface area (Å²) in [6.45, 7) is 5.79. The minimum atomic E-state index is -2.79. The molecular formula is C18H22F2N4O. The Morgan fingerprint density at radius 2 is 1.92 bits per heavy atom. The van der Waals surface area contributed by atoms with Gasteiger partial charge < -0.3 is 5.32 Å². The summed E-state index contributed by atoms with van der Waals surface area (Å²) < 4.78 is 29.7. The number of nitrogens with one attached hydrogen (secondary N) is 2. The predicted octanol–water partition coefficient (Wildman–Crippen LogP) is 3.81. The Morgan fingerprint density at radius 1 is 1.24 bits per heavy atom. The smallest absolute Gasteiger partial charge is 0.320 e. The third-order valence-corrected chi connectivity index (χ3v) is 4.36. The largest absolute Gasteiger partial charge is 0.337 e. The highest BCUT2D eigenvalue weighted by molar-refractivity contribution is 5.88. The fourth-order valence-corrected chi connectivity index (χ4v) is 3.05. The van der Waals surface area contributed by atoms with Crippen molar-refractivity contribution in [1.29, 1.82) is 0 Å². The molecule has 2 aromatic rings. The van der Waals surface area contributed by atoms with Crippen molar-refractivity contribution >= 4 is 11.8 Å². The van der Waals surface area contributed by atoms with Gasteiger partial charge in [0.2, 0.25) is 0 Å². The van der Waals surface area contributed by atoms with Gasteiger partial charge in [-0.05, 0) is 26.3 Å². The van der Waals surface area contributed by atoms with Crippen LogP contribution in [0.15, 0.2) is 42.6 Å². The minimum absolute atomic E-state index is 0.0813. The maximum Gasteiger partial charge on any atom is 0.320 e. The standard InChI is InChI=1S/C18H22F2N4O/c1-17(2,3)24-14(9-10-22-24)23-16(25)21-11-13-15(18(13,19)20)12-7-5-4-6-8-12/h4-10,13,15H,11H2,1-3H3,(H2,21,23,25)/t13-,15-/m1/s1. The van der Waals surface area contributed by atoms with Gasteiger partial charge in [0.25, 0.3) is 5.92 Å². The van der Waals surface area contributed by atoms with Crippen LogP contribution in [-0.2, 0) is 5.54 Å². The molecule has 25 heavy (non-hydrogen) atoms. The molecule has 5 nitrogen and oxygen atoms in total. The molecule has 1 aromatic carbocycles. The summed E-state index contributed by atoms with van der Waals surface area (Å²) in [5.74, 6) is -3.99. The first kappa shape index (κ1) is 17.4. The molecule has 0 spiro atoms. The number of urea groups is 1. The Labute approximate surface area is 145 Å². The number of carbonyl (C=O) groups excluding carboxylic acids is 1. The molecule has 0 radical (unpaired) electrons. The Kier molecular flexibility index (Phi) is 4.26. The third kappa shape index (κ3) is 3.50. The monoisotopic (exact) mass is 348 g/mol. The molecule has 2 atom stereocenters. The summed E-state index contributed by atoms with van der Waals surface area (Å²) in [7, 11) is 0. The average Bonchev–Trinajstić information content (AvgIpc) is 2.86. The normalized spacial score (nSPS) is 21.6. The number of halogens is 2. The van der Waals surface area contributed by atoms with Crippen LogP contribution in [0, 0.1) is 5.92 Å². The van der Waals surface area contributed by atoms with Crippen LogP contribution in [0.1, 0.15) is 32.3 Å². The lowest BCUT2D eigenvalue weighted by Gasteiger charge is -2.22. The molecule has 7 heteroatoms. The van der Waals surface area contributed by atoms with E-state index >= 15 is 0 Å². The van der Waals surface area contributed by atoms with Crippen molar-refractivity contribution in [2.75, 3.05) is 11.9 Å². The van der Waals surface area contributed by atoms with Crippen LogP contribution in [0.4, 0.5) is 19.4 Å². The molecule has 1 aliphatic rings. The molecule has 0 aliphatic heterocycles. The first-order chi connectivity index (χ1) is 11.7. The summed E-state index contributed by atoms with van der Waals surface area (Å²) in [5, 5.41) is 9.39. The Morgan fingerprint density at radius 3 is 2.56 bits per heavy atom. The van der Waals surface area contributed by atoms with Crippen LogP contribution in [0.3, 0.4) is 0 Å². The quantitative estimate of drug-likeness (QED) is 0.883. The highest BCUT2D eigenvalue weighted by Gasteiger charge is 2.68. The van der Waals surface area contributed by atoms with Gasteiger partial charge in [-0.15, -0.1) is 0 Å². The van der Waals surface area contributed by atoms with Gasteiger partial charge >= 0.3 is 6.03 Å². The fraction of sp³-hybridized carbons (Fsp3) is 0.444. The van der Waals surface area contributed by atoms with Crippen LogP contribution >= 0.6 is 0 Å². The fourth-order valence-electron chi connectivity index (χ4n) is 3.05. The molecule has 0 saturated heterocycles. The lowest BCUT2D eigenvalue weighted by molar-refractivity contribution is 0.0936. The van der Waals surface area contributed by atoms with Gasteiger partial charge in [-0.2, -0.15) is 5.10 Å². The SMILES string of the molecule is CC(C)(C)n1nccc1NC(=O)NC[C@@H]1[C@@H](c2ccccc2)C1(F)F. The number of aromatic nitrogens is 2. The van der Waals surface area contributed by atoms with Crippen molar-refractivity contribution < 1.29 is 13.6 Å². The van der Waals surface area contributed by atoms with E-state index in [1.807, 2.05) is 20.8 Å². The molecular weight excluding hydrogens is 326 g/mol. The molecule has 134 valence electrons. The maximum absolute atomic E-state index is 14.0. The van der Waals surface area contributed by atoms with Crippen LogP contribution in [0.5, 0.6) is 0 Å². The highest BCUT2D eigenvalue weighted by Crippen LogP contribution is 2.61. The first-order valence-corrected chi connectivity index (χ1v) is 8.23. The van der Waals surface area contributed by atoms with Crippen molar-refractivity contribution in [1.82, 2.24) is 15.1 Å². The first-order valence-electron chi connectivity index (χ1n) is 8.23. The van der Waals surface area contributed by atoms with E-state index in [-0.39, 0.29) is 12.1 Å². The van der Waals surface area contributed by atoms with E-state index in [2.05, 4.69) is 15.7 Å². The molecule has 1 aliphatic carbocycles. The van der Waals surface area contributed by atoms with E-state index in [4.69, 9.17) is 0 Å². The van der Waals surface area contributed by atoms with Crippen LogP contribution in [0.25, 0.3) is 0 Å². The number of nitrogens with zero attached hydrogens (tertiary/aromatic N) is 2. The van der Waals surface area contributed by atoms with Crippen LogP contribution in [-0.4, -0.2) is 28.3 Å². The summed E-state index contributed by atoms with van der Waals surface area (Å²) in [4.78, 5) is 12.1. The number of anilines is 1. The minimum Gasteiger partial charge on any atom is -0.337 e. The predicted molar refractivity (Wildman–Crippen MR) is 91.9 cm³/mol. The van der Waals surface area contributed by atoms with E-state index in [0.29, 0.717) is 11.4 Å². The van der Waals surface area contributed by atoms with E-state index in [1.54, 1.807) is 47.3 Å². The lowest BCUT2D eigenvalue weighted by atomic mass is 10.1. The summed E-state index contributed by atoms with van der Waals surface area (Å²) in [6.07, 6.45) is 1.58. The number of hydrogen-bond acceptors (Lipinski definition) is 2. The van der Waals surface area contributed by atoms with Gasteiger partial charge in [0.05, 0.1) is 23.6 Å². The number of benzene rings is 1. The van der Waals surface area contributed by atoms with Gasteiger partial charge in [-0.25, -0.2) is 18.3 Å². The van der Waals surface area contributed by atoms with Crippen molar-refractivity contribution in [2.45, 2.75) is 38.2 Å². The second-order valence-electron chi connectivity index (χ2n) is 7.30. The number of hydrogen-bond donors (Lipinski definition) is 2. The molecule has 2 N–H and O–H groups in total. The van der Waals surface area contributed by atoms with Gasteiger partial charge in [0.1, 0.15) is 5.82 Å². The second-order valence-corrected chi connectivity index (χ2v) is 7.30. The maximum atomic E-state index is 14.0. The highest BCUT2D eigenvalue weighted by atomic mass is 19.3. The summed E-state index contributed by atoms with van der Waals surface area (Å²) in [5.41, 5.74) is 0.305. The molecule has 2 amide bonds. The lowest BCUT2D eigenvalue weighted by Crippen LogP contribution is -2.34. The van der Waals surface area contributed by atoms with Crippen molar-refractivity contribution in [3.05, 3.63) is 48.2 Å². The number of carbonyl (C=O) groups is 1. The average molecular weight is 348 g/mol. The number of alkyl halides is 2. The Hall–Kier alpha value is -2.44. The number of rotatable bonds is 4. The Bertz CT molecular complexity index is 752. The summed E-state index contributed by atoms with van der Waals surface area (Å²) >= 11 is 0. The van der Waals surface area contributed by atoms with Crippen molar-refractivity contribution in [2.24, 2.45) is 5.92 Å². The van der Waals surface area contributed by atoms with Crippen LogP contribution in [0.2, 0.25) is 0 Å². The zero-order chi connectivity index (χ0) is 18.2.